The molecular formula is C63H119NO3. The molecular weight excluding hydrogens is 819 g/mol. The van der Waals surface area contributed by atoms with Crippen molar-refractivity contribution in [2.45, 2.75) is 341 Å². The van der Waals surface area contributed by atoms with Gasteiger partial charge in [0.15, 0.2) is 0 Å². The van der Waals surface area contributed by atoms with Crippen molar-refractivity contribution in [3.8, 4) is 0 Å². The predicted octanol–water partition coefficient (Wildman–Crippen LogP) is 20.2. The van der Waals surface area contributed by atoms with Crippen LogP contribution in [-0.4, -0.2) is 34.9 Å². The van der Waals surface area contributed by atoms with Gasteiger partial charge in [-0.15, -0.1) is 0 Å². The van der Waals surface area contributed by atoms with Gasteiger partial charge >= 0.3 is 0 Å². The first-order valence-electron chi connectivity index (χ1n) is 30.3. The Labute approximate surface area is 420 Å². The summed E-state index contributed by atoms with van der Waals surface area (Å²) in [6.07, 6.45) is 81.2. The summed E-state index contributed by atoms with van der Waals surface area (Å²) >= 11 is 0. The van der Waals surface area contributed by atoms with E-state index in [1.54, 1.807) is 0 Å². The van der Waals surface area contributed by atoms with E-state index in [0.717, 1.165) is 51.4 Å². The molecule has 394 valence electrons. The van der Waals surface area contributed by atoms with Gasteiger partial charge in [-0.3, -0.25) is 4.79 Å². The number of hydrogen-bond donors (Lipinski definition) is 3. The number of unbranched alkanes of at least 4 members (excludes halogenated alkanes) is 41. The van der Waals surface area contributed by atoms with E-state index in [4.69, 9.17) is 0 Å². The second kappa shape index (κ2) is 58.7. The quantitative estimate of drug-likeness (QED) is 0.0420. The molecule has 0 heterocycles. The summed E-state index contributed by atoms with van der Waals surface area (Å²) in [6.45, 7) is 4.28. The van der Waals surface area contributed by atoms with Crippen molar-refractivity contribution in [3.63, 3.8) is 0 Å². The summed E-state index contributed by atoms with van der Waals surface area (Å²) in [5.74, 6) is -0.0250. The molecule has 0 radical (unpaired) electrons. The second-order valence-electron chi connectivity index (χ2n) is 20.7. The van der Waals surface area contributed by atoms with Crippen LogP contribution in [0.25, 0.3) is 0 Å². The lowest BCUT2D eigenvalue weighted by Gasteiger charge is -2.22. The zero-order valence-electron chi connectivity index (χ0n) is 45.4. The normalized spacial score (nSPS) is 13.1. The molecule has 4 nitrogen and oxygen atoms in total. The van der Waals surface area contributed by atoms with Gasteiger partial charge in [-0.1, -0.05) is 319 Å². The van der Waals surface area contributed by atoms with Crippen molar-refractivity contribution >= 4 is 5.91 Å². The van der Waals surface area contributed by atoms with Gasteiger partial charge < -0.3 is 15.5 Å². The maximum Gasteiger partial charge on any atom is 0.220 e. The summed E-state index contributed by atoms with van der Waals surface area (Å²) in [5, 5.41) is 23.4. The molecule has 2 unspecified atom stereocenters. The van der Waals surface area contributed by atoms with Gasteiger partial charge in [-0.2, -0.15) is 0 Å². The van der Waals surface area contributed by atoms with Crippen LogP contribution in [0.4, 0.5) is 0 Å². The summed E-state index contributed by atoms with van der Waals surface area (Å²) < 4.78 is 0. The third-order valence-electron chi connectivity index (χ3n) is 14.1. The highest BCUT2D eigenvalue weighted by Gasteiger charge is 2.20. The minimum atomic E-state index is -0.659. The Balaban J connectivity index is 3.40. The molecule has 0 aromatic heterocycles. The number of amides is 1. The lowest BCUT2D eigenvalue weighted by Crippen LogP contribution is -2.45. The Kier molecular flexibility index (Phi) is 57.2. The van der Waals surface area contributed by atoms with Gasteiger partial charge in [0.25, 0.3) is 0 Å². The van der Waals surface area contributed by atoms with E-state index in [0.29, 0.717) is 12.8 Å². The van der Waals surface area contributed by atoms with E-state index in [-0.39, 0.29) is 12.5 Å². The third-order valence-corrected chi connectivity index (χ3v) is 14.1. The lowest BCUT2D eigenvalue weighted by molar-refractivity contribution is -0.123. The molecule has 2 atom stereocenters. The van der Waals surface area contributed by atoms with Gasteiger partial charge in [-0.05, 0) is 51.4 Å². The Morgan fingerprint density at radius 1 is 0.373 bits per heavy atom. The second-order valence-corrected chi connectivity index (χ2v) is 20.7. The molecule has 0 aromatic rings. The number of rotatable bonds is 56. The van der Waals surface area contributed by atoms with Crippen LogP contribution < -0.4 is 5.32 Å². The standard InChI is InChI=1S/C63H119NO3/c1-3-5-7-9-11-13-15-17-19-21-23-25-26-27-28-29-30-31-32-33-34-35-36-37-38-39-41-43-45-47-49-51-53-55-57-59-63(67)64-61(60-65)62(66)58-56-54-52-50-48-46-44-42-40-24-22-20-18-16-14-12-10-8-6-4-2/h5,7,11,13,17,19,23,25,61-62,65-66H,3-4,6,8-10,12,14-16,18,20-22,24,26-60H2,1-2H3,(H,64,67)/b7-5-,13-11-,19-17-,25-23-. The summed E-state index contributed by atoms with van der Waals surface area (Å²) in [6, 6.07) is -0.535. The summed E-state index contributed by atoms with van der Waals surface area (Å²) in [5.41, 5.74) is 0. The van der Waals surface area contributed by atoms with Gasteiger partial charge in [0, 0.05) is 6.42 Å². The Morgan fingerprint density at radius 3 is 0.985 bits per heavy atom. The molecule has 3 N–H and O–H groups in total. The molecule has 0 bridgehead atoms. The first-order valence-corrected chi connectivity index (χ1v) is 30.3. The fourth-order valence-electron chi connectivity index (χ4n) is 9.53. The van der Waals surface area contributed by atoms with Gasteiger partial charge in [0.05, 0.1) is 18.8 Å². The zero-order valence-corrected chi connectivity index (χ0v) is 45.4. The van der Waals surface area contributed by atoms with Crippen molar-refractivity contribution in [3.05, 3.63) is 48.6 Å². The maximum atomic E-state index is 12.5. The number of aliphatic hydroxyl groups excluding tert-OH is 2. The molecule has 0 aliphatic heterocycles. The van der Waals surface area contributed by atoms with Crippen LogP contribution in [0.3, 0.4) is 0 Å². The average Bonchev–Trinajstić information content (AvgIpc) is 3.33. The summed E-state index contributed by atoms with van der Waals surface area (Å²) in [7, 11) is 0. The maximum absolute atomic E-state index is 12.5. The van der Waals surface area contributed by atoms with Crippen molar-refractivity contribution in [1.29, 1.82) is 0 Å². The molecule has 0 aliphatic carbocycles. The molecule has 0 aromatic carbocycles. The molecule has 0 aliphatic rings. The van der Waals surface area contributed by atoms with Crippen LogP contribution >= 0.6 is 0 Å². The van der Waals surface area contributed by atoms with Crippen LogP contribution in [0.5, 0.6) is 0 Å². The molecule has 4 heteroatoms. The molecule has 0 spiro atoms. The van der Waals surface area contributed by atoms with E-state index < -0.39 is 12.1 Å². The number of aliphatic hydroxyl groups is 2. The minimum absolute atomic E-state index is 0.0250. The Morgan fingerprint density at radius 2 is 0.657 bits per heavy atom. The smallest absolute Gasteiger partial charge is 0.220 e. The number of carbonyl (C=O) groups is 1. The predicted molar refractivity (Wildman–Crippen MR) is 299 cm³/mol. The van der Waals surface area contributed by atoms with Gasteiger partial charge in [0.1, 0.15) is 0 Å². The largest absolute Gasteiger partial charge is 0.394 e. The summed E-state index contributed by atoms with van der Waals surface area (Å²) in [4.78, 5) is 12.5. The zero-order chi connectivity index (χ0) is 48.5. The van der Waals surface area contributed by atoms with Gasteiger partial charge in [-0.25, -0.2) is 0 Å². The number of hydrogen-bond acceptors (Lipinski definition) is 3. The first kappa shape index (κ1) is 65.3. The minimum Gasteiger partial charge on any atom is -0.394 e. The van der Waals surface area contributed by atoms with Crippen LogP contribution in [0.15, 0.2) is 48.6 Å². The van der Waals surface area contributed by atoms with E-state index in [1.165, 1.54) is 250 Å². The van der Waals surface area contributed by atoms with Gasteiger partial charge in [0.2, 0.25) is 5.91 Å². The highest BCUT2D eigenvalue weighted by molar-refractivity contribution is 5.76. The third kappa shape index (κ3) is 55.2. The average molecular weight is 939 g/mol. The van der Waals surface area contributed by atoms with Crippen LogP contribution in [0.2, 0.25) is 0 Å². The van der Waals surface area contributed by atoms with Crippen molar-refractivity contribution in [2.24, 2.45) is 0 Å². The number of nitrogens with one attached hydrogen (secondary N) is 1. The number of allylic oxidation sites excluding steroid dienone is 8. The van der Waals surface area contributed by atoms with Crippen LogP contribution in [0, 0.1) is 0 Å². The first-order chi connectivity index (χ1) is 33.2. The van der Waals surface area contributed by atoms with E-state index in [2.05, 4.69) is 67.8 Å². The van der Waals surface area contributed by atoms with E-state index >= 15 is 0 Å². The highest BCUT2D eigenvalue weighted by Crippen LogP contribution is 2.18. The topological polar surface area (TPSA) is 69.6 Å². The Hall–Kier alpha value is -1.65. The Bertz CT molecular complexity index is 1060. The highest BCUT2D eigenvalue weighted by atomic mass is 16.3. The monoisotopic (exact) mass is 938 g/mol. The fourth-order valence-corrected chi connectivity index (χ4v) is 9.53. The lowest BCUT2D eigenvalue weighted by atomic mass is 10.0. The van der Waals surface area contributed by atoms with Crippen LogP contribution in [0.1, 0.15) is 328 Å². The molecule has 0 saturated heterocycles. The number of carbonyl (C=O) groups excluding carboxylic acids is 1. The molecule has 0 saturated carbocycles. The van der Waals surface area contributed by atoms with E-state index in [9.17, 15) is 15.0 Å². The van der Waals surface area contributed by atoms with Crippen molar-refractivity contribution < 1.29 is 15.0 Å². The SMILES string of the molecule is CC/C=C\C/C=C\C/C=C\C/C=C\CCCCCCCCCCCCCCCCCCCCCCCCC(=O)NC(CO)C(O)CCCCCCCCCCCCCCCCCCCCCC. The van der Waals surface area contributed by atoms with Crippen molar-refractivity contribution in [1.82, 2.24) is 5.32 Å². The van der Waals surface area contributed by atoms with Crippen molar-refractivity contribution in [2.75, 3.05) is 6.61 Å². The molecule has 67 heavy (non-hydrogen) atoms. The molecule has 0 rings (SSSR count). The van der Waals surface area contributed by atoms with E-state index in [1.807, 2.05) is 0 Å². The van der Waals surface area contributed by atoms with Crippen LogP contribution in [-0.2, 0) is 4.79 Å². The molecule has 1 amide bonds. The fraction of sp³-hybridized carbons (Fsp3) is 0.857. The molecule has 0 fully saturated rings.